The fourth-order valence-corrected chi connectivity index (χ4v) is 4.10. The summed E-state index contributed by atoms with van der Waals surface area (Å²) in [6.45, 7) is 0.279. The Bertz CT molecular complexity index is 1130. The number of benzene rings is 2. The normalized spacial score (nSPS) is 15.9. The Labute approximate surface area is 172 Å². The number of pyridine rings is 1. The molecule has 2 N–H and O–H groups in total. The van der Waals surface area contributed by atoms with Gasteiger partial charge in [-0.05, 0) is 11.1 Å². The third-order valence-electron chi connectivity index (χ3n) is 5.51. The maximum atomic E-state index is 12.8. The lowest BCUT2D eigenvalue weighted by molar-refractivity contribution is 0.0670. The molecular weight excluding hydrogens is 384 g/mol. The molecule has 1 atom stereocenters. The average molecular weight is 404 g/mol. The number of hydrogen-bond acceptors (Lipinski definition) is 4. The van der Waals surface area contributed by atoms with Crippen LogP contribution in [0.15, 0.2) is 71.7 Å². The summed E-state index contributed by atoms with van der Waals surface area (Å²) in [5.41, 5.74) is 0.112. The summed E-state index contributed by atoms with van der Waals surface area (Å²) in [5.74, 6) is -3.06. The number of aromatic hydroxyl groups is 1. The molecule has 2 aromatic carbocycles. The molecule has 0 aliphatic carbocycles. The van der Waals surface area contributed by atoms with Gasteiger partial charge >= 0.3 is 5.97 Å². The van der Waals surface area contributed by atoms with Crippen LogP contribution in [0.3, 0.4) is 0 Å². The molecule has 3 aromatic rings. The molecule has 0 saturated carbocycles. The van der Waals surface area contributed by atoms with Gasteiger partial charge in [-0.15, -0.1) is 0 Å². The highest BCUT2D eigenvalue weighted by atomic mass is 16.4. The largest absolute Gasteiger partial charge is 0.503 e. The molecule has 4 rings (SSSR count). The molecule has 0 bridgehead atoms. The minimum absolute atomic E-state index is 0.194. The molecule has 1 aliphatic heterocycles. The lowest BCUT2D eigenvalue weighted by Crippen LogP contribution is -2.44. The van der Waals surface area contributed by atoms with E-state index in [9.17, 15) is 24.6 Å². The standard InChI is InChI=1S/C23H20N2O5/c1-24-13-17(18(14-8-4-2-5-9-14)15-10-6-3-7-11-15)25-12-16(23(29)30)20(26)21(27)19(25)22(24)28/h2-12,17-18,27H,13H2,1H3,(H,29,30)/t17-/m1/s1. The fraction of sp³-hybridized carbons (Fsp3) is 0.174. The summed E-state index contributed by atoms with van der Waals surface area (Å²) in [6, 6.07) is 18.9. The van der Waals surface area contributed by atoms with Gasteiger partial charge < -0.3 is 19.7 Å². The number of carboxylic acid groups (broad SMARTS) is 1. The van der Waals surface area contributed by atoms with Crippen molar-refractivity contribution < 1.29 is 19.8 Å². The number of carbonyl (C=O) groups excluding carboxylic acids is 1. The van der Waals surface area contributed by atoms with Gasteiger partial charge in [-0.3, -0.25) is 9.59 Å². The predicted octanol–water partition coefficient (Wildman–Crippen LogP) is 2.71. The van der Waals surface area contributed by atoms with Gasteiger partial charge in [-0.1, -0.05) is 60.7 Å². The van der Waals surface area contributed by atoms with E-state index in [2.05, 4.69) is 0 Å². The second-order valence-electron chi connectivity index (χ2n) is 7.33. The number of fused-ring (bicyclic) bond motifs is 1. The van der Waals surface area contributed by atoms with Gasteiger partial charge in [0, 0.05) is 25.7 Å². The Kier molecular flexibility index (Phi) is 4.87. The van der Waals surface area contributed by atoms with Gasteiger partial charge in [0.25, 0.3) is 5.91 Å². The molecule has 2 heterocycles. The van der Waals surface area contributed by atoms with Crippen molar-refractivity contribution in [1.29, 1.82) is 0 Å². The molecule has 7 nitrogen and oxygen atoms in total. The van der Waals surface area contributed by atoms with Crippen molar-refractivity contribution in [1.82, 2.24) is 9.47 Å². The second kappa shape index (κ2) is 7.51. The maximum absolute atomic E-state index is 12.8. The third kappa shape index (κ3) is 3.14. The first kappa shape index (κ1) is 19.4. The lowest BCUT2D eigenvalue weighted by atomic mass is 9.83. The van der Waals surface area contributed by atoms with Gasteiger partial charge in [0.05, 0.1) is 6.04 Å². The number of aromatic nitrogens is 1. The van der Waals surface area contributed by atoms with Crippen molar-refractivity contribution in [2.45, 2.75) is 12.0 Å². The first-order chi connectivity index (χ1) is 14.4. The molecule has 1 aromatic heterocycles. The van der Waals surface area contributed by atoms with Crippen LogP contribution in [-0.4, -0.2) is 45.1 Å². The Hall–Kier alpha value is -3.87. The molecule has 0 fully saturated rings. The number of hydrogen-bond donors (Lipinski definition) is 2. The Balaban J connectivity index is 2.00. The van der Waals surface area contributed by atoms with Gasteiger partial charge in [-0.2, -0.15) is 0 Å². The van der Waals surface area contributed by atoms with Crippen LogP contribution in [0.5, 0.6) is 5.75 Å². The maximum Gasteiger partial charge on any atom is 0.341 e. The molecule has 0 spiro atoms. The van der Waals surface area contributed by atoms with E-state index in [-0.39, 0.29) is 18.2 Å². The van der Waals surface area contributed by atoms with Crippen molar-refractivity contribution in [2.24, 2.45) is 0 Å². The van der Waals surface area contributed by atoms with Gasteiger partial charge in [0.1, 0.15) is 5.56 Å². The van der Waals surface area contributed by atoms with E-state index in [0.29, 0.717) is 0 Å². The van der Waals surface area contributed by atoms with E-state index in [1.165, 1.54) is 15.7 Å². The molecule has 0 saturated heterocycles. The van der Waals surface area contributed by atoms with Crippen molar-refractivity contribution in [3.8, 4) is 5.75 Å². The Morgan fingerprint density at radius 3 is 2.03 bits per heavy atom. The highest BCUT2D eigenvalue weighted by Crippen LogP contribution is 2.39. The van der Waals surface area contributed by atoms with Crippen LogP contribution >= 0.6 is 0 Å². The number of likely N-dealkylation sites (N-methyl/N-ethyl adjacent to an activating group) is 1. The third-order valence-corrected chi connectivity index (χ3v) is 5.51. The van der Waals surface area contributed by atoms with Crippen molar-refractivity contribution >= 4 is 11.9 Å². The second-order valence-corrected chi connectivity index (χ2v) is 7.33. The zero-order valence-electron chi connectivity index (χ0n) is 16.2. The van der Waals surface area contributed by atoms with Crippen LogP contribution in [-0.2, 0) is 0 Å². The summed E-state index contributed by atoms with van der Waals surface area (Å²) < 4.78 is 1.45. The number of carboxylic acids is 1. The monoisotopic (exact) mass is 404 g/mol. The predicted molar refractivity (Wildman–Crippen MR) is 110 cm³/mol. The number of aromatic carboxylic acids is 1. The summed E-state index contributed by atoms with van der Waals surface area (Å²) in [6.07, 6.45) is 1.17. The quantitative estimate of drug-likeness (QED) is 0.697. The summed E-state index contributed by atoms with van der Waals surface area (Å²) in [7, 11) is 1.60. The van der Waals surface area contributed by atoms with Crippen LogP contribution in [0.25, 0.3) is 0 Å². The highest BCUT2D eigenvalue weighted by molar-refractivity contribution is 5.97. The van der Waals surface area contributed by atoms with Crippen LogP contribution < -0.4 is 5.43 Å². The van der Waals surface area contributed by atoms with Gasteiger partial charge in [-0.25, -0.2) is 4.79 Å². The fourth-order valence-electron chi connectivity index (χ4n) is 4.10. The van der Waals surface area contributed by atoms with Crippen LogP contribution in [0, 0.1) is 0 Å². The zero-order chi connectivity index (χ0) is 21.4. The summed E-state index contributed by atoms with van der Waals surface area (Å²) >= 11 is 0. The lowest BCUT2D eigenvalue weighted by Gasteiger charge is -2.39. The first-order valence-corrected chi connectivity index (χ1v) is 9.47. The van der Waals surface area contributed by atoms with Gasteiger partial charge in [0.2, 0.25) is 5.43 Å². The first-order valence-electron chi connectivity index (χ1n) is 9.47. The average Bonchev–Trinajstić information content (AvgIpc) is 2.75. The van der Waals surface area contributed by atoms with E-state index in [4.69, 9.17) is 0 Å². The molecule has 152 valence electrons. The van der Waals surface area contributed by atoms with Crippen molar-refractivity contribution in [2.75, 3.05) is 13.6 Å². The van der Waals surface area contributed by atoms with Crippen LogP contribution in [0.4, 0.5) is 0 Å². The van der Waals surface area contributed by atoms with Gasteiger partial charge in [0.15, 0.2) is 11.4 Å². The summed E-state index contributed by atoms with van der Waals surface area (Å²) in [4.78, 5) is 38.2. The van der Waals surface area contributed by atoms with Crippen LogP contribution in [0.2, 0.25) is 0 Å². The SMILES string of the molecule is CN1C[C@H](C(c2ccccc2)c2ccccc2)n2cc(C(=O)O)c(=O)c(O)c2C1=O. The Morgan fingerprint density at radius 1 is 1.00 bits per heavy atom. The number of rotatable bonds is 4. The van der Waals surface area contributed by atoms with E-state index in [1.807, 2.05) is 60.7 Å². The van der Waals surface area contributed by atoms with E-state index in [1.54, 1.807) is 7.05 Å². The number of carbonyl (C=O) groups is 2. The minimum atomic E-state index is -1.45. The molecule has 30 heavy (non-hydrogen) atoms. The summed E-state index contributed by atoms with van der Waals surface area (Å²) in [5, 5.41) is 19.9. The molecule has 1 amide bonds. The van der Waals surface area contributed by atoms with E-state index in [0.717, 1.165) is 11.1 Å². The Morgan fingerprint density at radius 2 is 1.53 bits per heavy atom. The van der Waals surface area contributed by atoms with E-state index < -0.39 is 34.7 Å². The van der Waals surface area contributed by atoms with E-state index >= 15 is 0 Å². The smallest absolute Gasteiger partial charge is 0.341 e. The highest BCUT2D eigenvalue weighted by Gasteiger charge is 2.38. The molecule has 1 aliphatic rings. The minimum Gasteiger partial charge on any atom is -0.503 e. The van der Waals surface area contributed by atoms with Crippen molar-refractivity contribution in [3.63, 3.8) is 0 Å². The topological polar surface area (TPSA) is 99.8 Å². The molecule has 7 heteroatoms. The van der Waals surface area contributed by atoms with Crippen molar-refractivity contribution in [3.05, 3.63) is 99.5 Å². The zero-order valence-corrected chi connectivity index (χ0v) is 16.2. The molecular formula is C23H20N2O5. The molecule has 0 radical (unpaired) electrons. The van der Waals surface area contributed by atoms with Crippen LogP contribution in [0.1, 0.15) is 43.9 Å². The number of amides is 1. The molecule has 0 unspecified atom stereocenters. The number of nitrogens with zero attached hydrogens (tertiary/aromatic N) is 2.